The van der Waals surface area contributed by atoms with Gasteiger partial charge in [0.05, 0.1) is 17.4 Å². The van der Waals surface area contributed by atoms with Gasteiger partial charge in [-0.25, -0.2) is 4.98 Å². The fraction of sp³-hybridized carbons (Fsp3) is 0.250. The molecule has 2 heterocycles. The number of benzene rings is 1. The molecule has 1 aromatic carbocycles. The lowest BCUT2D eigenvalue weighted by molar-refractivity contribution is -0.126. The van der Waals surface area contributed by atoms with Crippen molar-refractivity contribution in [2.75, 3.05) is 6.54 Å². The number of nitrogens with zero attached hydrogens (tertiary/aromatic N) is 2. The molecule has 0 saturated heterocycles. The SMILES string of the molecule is CCCN(Cc1nc2cc(Cl)ccc2c(=O)[nH]1)C(=O)C=Cc1ccc(C)o1. The van der Waals surface area contributed by atoms with Crippen molar-refractivity contribution < 1.29 is 9.21 Å². The third-order valence-corrected chi connectivity index (χ3v) is 4.25. The number of furan rings is 1. The first-order chi connectivity index (χ1) is 13.0. The number of carbonyl (C=O) groups excluding carboxylic acids is 1. The van der Waals surface area contributed by atoms with Gasteiger partial charge in [0.2, 0.25) is 5.91 Å². The summed E-state index contributed by atoms with van der Waals surface area (Å²) in [5.74, 6) is 1.63. The predicted octanol–water partition coefficient (Wildman–Crippen LogP) is 3.93. The molecule has 1 amide bonds. The van der Waals surface area contributed by atoms with E-state index in [-0.39, 0.29) is 18.0 Å². The number of hydrogen-bond acceptors (Lipinski definition) is 4. The Morgan fingerprint density at radius 2 is 2.15 bits per heavy atom. The van der Waals surface area contributed by atoms with Gasteiger partial charge in [0.25, 0.3) is 5.56 Å². The minimum atomic E-state index is -0.253. The van der Waals surface area contributed by atoms with Gasteiger partial charge in [0.15, 0.2) is 0 Å². The quantitative estimate of drug-likeness (QED) is 0.652. The van der Waals surface area contributed by atoms with Gasteiger partial charge in [-0.15, -0.1) is 0 Å². The third-order valence-electron chi connectivity index (χ3n) is 4.01. The highest BCUT2D eigenvalue weighted by atomic mass is 35.5. The average Bonchev–Trinajstić information content (AvgIpc) is 3.04. The predicted molar refractivity (Wildman–Crippen MR) is 106 cm³/mol. The lowest BCUT2D eigenvalue weighted by Gasteiger charge is -2.20. The summed E-state index contributed by atoms with van der Waals surface area (Å²) in [7, 11) is 0. The van der Waals surface area contributed by atoms with E-state index in [0.717, 1.165) is 12.2 Å². The van der Waals surface area contributed by atoms with Crippen LogP contribution >= 0.6 is 11.6 Å². The first-order valence-electron chi connectivity index (χ1n) is 8.68. The van der Waals surface area contributed by atoms with Crippen molar-refractivity contribution in [1.29, 1.82) is 0 Å². The molecule has 3 rings (SSSR count). The Balaban J connectivity index is 1.83. The van der Waals surface area contributed by atoms with E-state index < -0.39 is 0 Å². The highest BCUT2D eigenvalue weighted by Gasteiger charge is 2.13. The Morgan fingerprint density at radius 1 is 1.33 bits per heavy atom. The van der Waals surface area contributed by atoms with Gasteiger partial charge in [0, 0.05) is 17.6 Å². The number of aromatic nitrogens is 2. The first-order valence-corrected chi connectivity index (χ1v) is 9.06. The lowest BCUT2D eigenvalue weighted by atomic mass is 10.2. The van der Waals surface area contributed by atoms with Crippen LogP contribution in [0.4, 0.5) is 0 Å². The van der Waals surface area contributed by atoms with Crippen LogP contribution in [-0.2, 0) is 11.3 Å². The summed E-state index contributed by atoms with van der Waals surface area (Å²) in [6, 6.07) is 8.56. The van der Waals surface area contributed by atoms with E-state index in [9.17, 15) is 9.59 Å². The summed E-state index contributed by atoms with van der Waals surface area (Å²) in [5, 5.41) is 0.967. The van der Waals surface area contributed by atoms with Crippen LogP contribution in [0.3, 0.4) is 0 Å². The van der Waals surface area contributed by atoms with Crippen molar-refractivity contribution in [3.05, 3.63) is 69.1 Å². The van der Waals surface area contributed by atoms with Gasteiger partial charge in [0.1, 0.15) is 17.3 Å². The molecule has 0 spiro atoms. The van der Waals surface area contributed by atoms with E-state index in [2.05, 4.69) is 9.97 Å². The Kier molecular flexibility index (Phi) is 5.76. The van der Waals surface area contributed by atoms with E-state index in [4.69, 9.17) is 16.0 Å². The summed E-state index contributed by atoms with van der Waals surface area (Å²) in [4.78, 5) is 33.7. The maximum Gasteiger partial charge on any atom is 0.258 e. The molecule has 0 aliphatic rings. The van der Waals surface area contributed by atoms with E-state index >= 15 is 0 Å². The summed E-state index contributed by atoms with van der Waals surface area (Å²) in [5.41, 5.74) is 0.254. The molecule has 0 fully saturated rings. The zero-order chi connectivity index (χ0) is 19.4. The fourth-order valence-corrected chi connectivity index (χ4v) is 2.92. The highest BCUT2D eigenvalue weighted by molar-refractivity contribution is 6.31. The number of amides is 1. The molecular weight excluding hydrogens is 366 g/mol. The van der Waals surface area contributed by atoms with Crippen LogP contribution in [0.2, 0.25) is 5.02 Å². The highest BCUT2D eigenvalue weighted by Crippen LogP contribution is 2.15. The Hall–Kier alpha value is -2.86. The smallest absolute Gasteiger partial charge is 0.258 e. The Morgan fingerprint density at radius 3 is 2.85 bits per heavy atom. The van der Waals surface area contributed by atoms with Crippen molar-refractivity contribution >= 4 is 34.5 Å². The molecule has 0 aliphatic heterocycles. The number of hydrogen-bond donors (Lipinski definition) is 1. The molecule has 2 aromatic heterocycles. The largest absolute Gasteiger partial charge is 0.462 e. The van der Waals surface area contributed by atoms with Crippen molar-refractivity contribution in [2.24, 2.45) is 0 Å². The molecule has 3 aromatic rings. The van der Waals surface area contributed by atoms with Crippen LogP contribution in [0.15, 0.2) is 45.6 Å². The fourth-order valence-electron chi connectivity index (χ4n) is 2.76. The van der Waals surface area contributed by atoms with Gasteiger partial charge >= 0.3 is 0 Å². The van der Waals surface area contributed by atoms with Gasteiger partial charge < -0.3 is 14.3 Å². The third kappa shape index (κ3) is 4.65. The number of rotatable bonds is 6. The number of nitrogens with one attached hydrogen (secondary N) is 1. The van der Waals surface area contributed by atoms with E-state index in [1.807, 2.05) is 19.9 Å². The van der Waals surface area contributed by atoms with Gasteiger partial charge in [-0.05, 0) is 49.8 Å². The number of carbonyl (C=O) groups is 1. The average molecular weight is 386 g/mol. The first kappa shape index (κ1) is 18.9. The molecule has 0 radical (unpaired) electrons. The number of halogens is 1. The van der Waals surface area contributed by atoms with Crippen LogP contribution in [0, 0.1) is 6.92 Å². The lowest BCUT2D eigenvalue weighted by Crippen LogP contribution is -2.31. The van der Waals surface area contributed by atoms with Gasteiger partial charge in [-0.2, -0.15) is 0 Å². The molecular formula is C20H20ClN3O3. The zero-order valence-corrected chi connectivity index (χ0v) is 15.9. The van der Waals surface area contributed by atoms with Crippen LogP contribution in [-0.4, -0.2) is 27.3 Å². The number of fused-ring (bicyclic) bond motifs is 1. The second-order valence-corrected chi connectivity index (χ2v) is 6.65. The van der Waals surface area contributed by atoms with Crippen LogP contribution in [0.1, 0.15) is 30.7 Å². The second kappa shape index (κ2) is 8.22. The number of aryl methyl sites for hydroxylation is 1. The summed E-state index contributed by atoms with van der Waals surface area (Å²) in [6.07, 6.45) is 3.88. The van der Waals surface area contributed by atoms with Gasteiger partial charge in [-0.3, -0.25) is 9.59 Å². The minimum absolute atomic E-state index is 0.181. The molecule has 27 heavy (non-hydrogen) atoms. The molecule has 6 nitrogen and oxygen atoms in total. The monoisotopic (exact) mass is 385 g/mol. The molecule has 0 atom stereocenters. The van der Waals surface area contributed by atoms with Crippen LogP contribution in [0.5, 0.6) is 0 Å². The van der Waals surface area contributed by atoms with Crippen molar-refractivity contribution in [1.82, 2.24) is 14.9 Å². The summed E-state index contributed by atoms with van der Waals surface area (Å²) >= 11 is 6.00. The van der Waals surface area contributed by atoms with E-state index in [1.165, 1.54) is 6.08 Å². The molecule has 1 N–H and O–H groups in total. The normalized spacial score (nSPS) is 11.4. The van der Waals surface area contributed by atoms with Crippen LogP contribution < -0.4 is 5.56 Å². The number of aromatic amines is 1. The number of H-pyrrole nitrogens is 1. The topological polar surface area (TPSA) is 79.2 Å². The molecule has 0 bridgehead atoms. The Bertz CT molecular complexity index is 1050. The summed E-state index contributed by atoms with van der Waals surface area (Å²) < 4.78 is 5.44. The maximum atomic E-state index is 12.6. The van der Waals surface area contributed by atoms with Crippen molar-refractivity contribution in [3.63, 3.8) is 0 Å². The van der Waals surface area contributed by atoms with E-state index in [1.54, 1.807) is 35.2 Å². The molecule has 140 valence electrons. The van der Waals surface area contributed by atoms with Gasteiger partial charge in [-0.1, -0.05) is 18.5 Å². The van der Waals surface area contributed by atoms with Crippen molar-refractivity contribution in [3.8, 4) is 0 Å². The zero-order valence-electron chi connectivity index (χ0n) is 15.2. The molecule has 0 unspecified atom stereocenters. The van der Waals surface area contributed by atoms with E-state index in [0.29, 0.717) is 34.1 Å². The Labute approximate surface area is 161 Å². The molecule has 0 aliphatic carbocycles. The van der Waals surface area contributed by atoms with Crippen molar-refractivity contribution in [2.45, 2.75) is 26.8 Å². The standard InChI is InChI=1S/C20H20ClN3O3/c1-3-10-24(19(25)9-7-15-6-4-13(2)27-15)12-18-22-17-11-14(21)5-8-16(17)20(26)23-18/h4-9,11H,3,10,12H2,1-2H3,(H,22,23,26). The summed E-state index contributed by atoms with van der Waals surface area (Å²) in [6.45, 7) is 4.57. The molecule has 0 saturated carbocycles. The molecule has 7 heteroatoms. The maximum absolute atomic E-state index is 12.6. The van der Waals surface area contributed by atoms with Crippen LogP contribution in [0.25, 0.3) is 17.0 Å². The second-order valence-electron chi connectivity index (χ2n) is 6.22. The minimum Gasteiger partial charge on any atom is -0.462 e.